The SMILES string of the molecule is Cn1nccc1[C@@H]1CN(Cc2ccco2)C[C@]12CCCN(Cc1ccccc1)C2=O.O=C(O)C(F)(F)F. The van der Waals surface area contributed by atoms with Crippen molar-refractivity contribution >= 4 is 11.9 Å². The highest BCUT2D eigenvalue weighted by Crippen LogP contribution is 2.49. The van der Waals surface area contributed by atoms with Gasteiger partial charge in [0.05, 0.1) is 18.2 Å². The molecule has 11 heteroatoms. The highest BCUT2D eigenvalue weighted by Gasteiger charge is 2.55. The third-order valence-electron chi connectivity index (χ3n) is 7.01. The number of carbonyl (C=O) groups excluding carboxylic acids is 1. The first kappa shape index (κ1) is 26.5. The van der Waals surface area contributed by atoms with Crippen LogP contribution in [-0.2, 0) is 29.7 Å². The van der Waals surface area contributed by atoms with Crippen molar-refractivity contribution in [1.82, 2.24) is 19.6 Å². The molecule has 0 bridgehead atoms. The lowest BCUT2D eigenvalue weighted by Crippen LogP contribution is -2.52. The number of halogens is 3. The number of rotatable bonds is 5. The maximum atomic E-state index is 14.0. The van der Waals surface area contributed by atoms with Crippen molar-refractivity contribution in [2.75, 3.05) is 19.6 Å². The van der Waals surface area contributed by atoms with Crippen LogP contribution in [0, 0.1) is 5.41 Å². The fourth-order valence-corrected chi connectivity index (χ4v) is 5.39. The molecule has 2 saturated heterocycles. The Bertz CT molecular complexity index is 1200. The van der Waals surface area contributed by atoms with Crippen molar-refractivity contribution in [3.05, 3.63) is 78.0 Å². The van der Waals surface area contributed by atoms with Gasteiger partial charge in [-0.2, -0.15) is 18.3 Å². The van der Waals surface area contributed by atoms with E-state index in [1.165, 1.54) is 5.56 Å². The van der Waals surface area contributed by atoms with Gasteiger partial charge in [-0.1, -0.05) is 30.3 Å². The Labute approximate surface area is 212 Å². The van der Waals surface area contributed by atoms with Crippen molar-refractivity contribution in [2.24, 2.45) is 12.5 Å². The van der Waals surface area contributed by atoms with E-state index in [0.29, 0.717) is 6.54 Å². The molecule has 0 unspecified atom stereocenters. The standard InChI is InChI=1S/C24H28N4O2.C2HF3O2/c1-26-22(10-12-25-26)21-17-27(16-20-9-5-14-30-20)18-24(21)11-6-13-28(23(24)29)15-19-7-3-2-4-8-19;3-2(4,5)1(6)7/h2-5,7-10,12,14,21H,6,11,13,15-18H2,1H3;(H,6,7)/t21-,24+;/m0./s1. The van der Waals surface area contributed by atoms with Crippen LogP contribution in [-0.4, -0.2) is 62.4 Å². The van der Waals surface area contributed by atoms with Crippen LogP contribution in [0.15, 0.2) is 65.4 Å². The maximum absolute atomic E-state index is 14.0. The van der Waals surface area contributed by atoms with Crippen LogP contribution in [0.4, 0.5) is 13.2 Å². The summed E-state index contributed by atoms with van der Waals surface area (Å²) in [6.45, 7) is 3.83. The maximum Gasteiger partial charge on any atom is 0.490 e. The fraction of sp³-hybridized carbons (Fsp3) is 0.423. The Balaban J connectivity index is 0.000000405. The summed E-state index contributed by atoms with van der Waals surface area (Å²) in [6, 6.07) is 16.3. The molecule has 1 spiro atoms. The van der Waals surface area contributed by atoms with Crippen LogP contribution < -0.4 is 0 Å². The molecule has 0 radical (unpaired) electrons. The monoisotopic (exact) mass is 518 g/mol. The van der Waals surface area contributed by atoms with Crippen molar-refractivity contribution in [3.8, 4) is 0 Å². The lowest BCUT2D eigenvalue weighted by atomic mass is 9.70. The van der Waals surface area contributed by atoms with Gasteiger partial charge in [-0.15, -0.1) is 0 Å². The van der Waals surface area contributed by atoms with Gasteiger partial charge in [-0.05, 0) is 36.6 Å². The summed E-state index contributed by atoms with van der Waals surface area (Å²) in [6.07, 6.45) is 0.420. The van der Waals surface area contributed by atoms with Gasteiger partial charge in [0, 0.05) is 51.0 Å². The van der Waals surface area contributed by atoms with Crippen LogP contribution in [0.2, 0.25) is 0 Å². The van der Waals surface area contributed by atoms with Gasteiger partial charge in [-0.3, -0.25) is 14.4 Å². The van der Waals surface area contributed by atoms with Crippen molar-refractivity contribution in [3.63, 3.8) is 0 Å². The summed E-state index contributed by atoms with van der Waals surface area (Å²) in [5, 5.41) is 11.5. The molecule has 198 valence electrons. The molecule has 2 aromatic heterocycles. The smallest absolute Gasteiger partial charge is 0.475 e. The van der Waals surface area contributed by atoms with E-state index in [4.69, 9.17) is 14.3 Å². The normalized spacial score (nSPS) is 22.2. The third-order valence-corrected chi connectivity index (χ3v) is 7.01. The van der Waals surface area contributed by atoms with Gasteiger partial charge >= 0.3 is 12.1 Å². The lowest BCUT2D eigenvalue weighted by Gasteiger charge is -2.42. The number of aromatic nitrogens is 2. The van der Waals surface area contributed by atoms with Crippen LogP contribution in [0.5, 0.6) is 0 Å². The molecular formula is C26H29F3N4O4. The molecule has 2 atom stereocenters. The first-order valence-corrected chi connectivity index (χ1v) is 12.0. The summed E-state index contributed by atoms with van der Waals surface area (Å²) in [4.78, 5) is 27.3. The molecule has 2 fully saturated rings. The molecular weight excluding hydrogens is 489 g/mol. The molecule has 1 aromatic carbocycles. The predicted octanol–water partition coefficient (Wildman–Crippen LogP) is 4.05. The Kier molecular flexibility index (Phi) is 7.72. The number of carboxylic acid groups (broad SMARTS) is 1. The van der Waals surface area contributed by atoms with E-state index >= 15 is 0 Å². The van der Waals surface area contributed by atoms with Gasteiger partial charge in [0.15, 0.2) is 0 Å². The number of hydrogen-bond acceptors (Lipinski definition) is 5. The second-order valence-corrected chi connectivity index (χ2v) is 9.46. The largest absolute Gasteiger partial charge is 0.490 e. The van der Waals surface area contributed by atoms with Gasteiger partial charge in [0.1, 0.15) is 5.76 Å². The molecule has 37 heavy (non-hydrogen) atoms. The van der Waals surface area contributed by atoms with E-state index in [2.05, 4.69) is 33.1 Å². The number of likely N-dealkylation sites (tertiary alicyclic amines) is 2. The van der Waals surface area contributed by atoms with E-state index in [0.717, 1.165) is 50.5 Å². The minimum atomic E-state index is -5.08. The molecule has 0 aliphatic carbocycles. The van der Waals surface area contributed by atoms with Crippen LogP contribution in [0.25, 0.3) is 0 Å². The Morgan fingerprint density at radius 2 is 1.89 bits per heavy atom. The molecule has 4 heterocycles. The van der Waals surface area contributed by atoms with Crippen molar-refractivity contribution in [2.45, 2.75) is 38.0 Å². The lowest BCUT2D eigenvalue weighted by molar-refractivity contribution is -0.192. The van der Waals surface area contributed by atoms with E-state index < -0.39 is 17.6 Å². The quantitative estimate of drug-likeness (QED) is 0.548. The summed E-state index contributed by atoms with van der Waals surface area (Å²) < 4.78 is 39.3. The minimum Gasteiger partial charge on any atom is -0.475 e. The average molecular weight is 519 g/mol. The van der Waals surface area contributed by atoms with E-state index in [1.54, 1.807) is 6.26 Å². The number of hydrogen-bond donors (Lipinski definition) is 1. The molecule has 5 rings (SSSR count). The molecule has 1 N–H and O–H groups in total. The first-order chi connectivity index (χ1) is 17.6. The van der Waals surface area contributed by atoms with E-state index in [9.17, 15) is 18.0 Å². The number of nitrogens with zero attached hydrogens (tertiary/aromatic N) is 4. The summed E-state index contributed by atoms with van der Waals surface area (Å²) in [7, 11) is 1.98. The molecule has 8 nitrogen and oxygen atoms in total. The number of carboxylic acids is 1. The predicted molar refractivity (Wildman–Crippen MR) is 127 cm³/mol. The molecule has 2 aliphatic heterocycles. The van der Waals surface area contributed by atoms with Crippen molar-refractivity contribution in [1.29, 1.82) is 0 Å². The van der Waals surface area contributed by atoms with Gasteiger partial charge in [0.2, 0.25) is 5.91 Å². The van der Waals surface area contributed by atoms with Crippen LogP contribution >= 0.6 is 0 Å². The topological polar surface area (TPSA) is 91.8 Å². The van der Waals surface area contributed by atoms with Gasteiger partial charge in [-0.25, -0.2) is 4.79 Å². The van der Waals surface area contributed by atoms with E-state index in [-0.39, 0.29) is 11.8 Å². The van der Waals surface area contributed by atoms with E-state index in [1.807, 2.05) is 48.3 Å². The van der Waals surface area contributed by atoms with Gasteiger partial charge in [0.25, 0.3) is 0 Å². The highest BCUT2D eigenvalue weighted by molar-refractivity contribution is 5.85. The Morgan fingerprint density at radius 1 is 1.16 bits per heavy atom. The molecule has 2 aliphatic rings. The first-order valence-electron chi connectivity index (χ1n) is 12.0. The van der Waals surface area contributed by atoms with Crippen LogP contribution in [0.1, 0.15) is 35.8 Å². The zero-order chi connectivity index (χ0) is 26.6. The Hall–Kier alpha value is -3.60. The minimum absolute atomic E-state index is 0.131. The highest BCUT2D eigenvalue weighted by atomic mass is 19.4. The number of aryl methyl sites for hydroxylation is 1. The number of piperidine rings is 1. The van der Waals surface area contributed by atoms with Crippen molar-refractivity contribution < 1.29 is 32.3 Å². The van der Waals surface area contributed by atoms with Gasteiger partial charge < -0.3 is 14.4 Å². The number of aliphatic carboxylic acids is 1. The number of furan rings is 1. The zero-order valence-corrected chi connectivity index (χ0v) is 20.4. The Morgan fingerprint density at radius 3 is 2.49 bits per heavy atom. The zero-order valence-electron chi connectivity index (χ0n) is 20.4. The summed E-state index contributed by atoms with van der Waals surface area (Å²) in [5.41, 5.74) is 1.92. The second kappa shape index (κ2) is 10.8. The molecule has 0 saturated carbocycles. The fourth-order valence-electron chi connectivity index (χ4n) is 5.39. The number of alkyl halides is 3. The number of benzene rings is 1. The number of carbonyl (C=O) groups is 2. The average Bonchev–Trinajstić information content (AvgIpc) is 3.59. The third kappa shape index (κ3) is 5.87. The molecule has 3 aromatic rings. The summed E-state index contributed by atoms with van der Waals surface area (Å²) >= 11 is 0. The molecule has 1 amide bonds. The second-order valence-electron chi connectivity index (χ2n) is 9.46. The number of amides is 1. The summed E-state index contributed by atoms with van der Waals surface area (Å²) in [5.74, 6) is -1.40. The van der Waals surface area contributed by atoms with Crippen LogP contribution in [0.3, 0.4) is 0 Å².